The predicted octanol–water partition coefficient (Wildman–Crippen LogP) is 4.67. The molecule has 11 nitrogen and oxygen atoms in total. The molecule has 0 bridgehead atoms. The van der Waals surface area contributed by atoms with Crippen molar-refractivity contribution in [3.8, 4) is 22.9 Å². The summed E-state index contributed by atoms with van der Waals surface area (Å²) in [7, 11) is 0. The fraction of sp³-hybridized carbons (Fsp3) is 0.303. The Morgan fingerprint density at radius 1 is 0.909 bits per heavy atom. The van der Waals surface area contributed by atoms with Crippen molar-refractivity contribution in [2.75, 3.05) is 39.5 Å². The van der Waals surface area contributed by atoms with E-state index in [1.54, 1.807) is 35.2 Å². The molecule has 2 amide bonds. The topological polar surface area (TPSA) is 117 Å². The Kier molecular flexibility index (Phi) is 9.98. The number of hydrogen-bond acceptors (Lipinski definition) is 8. The molecule has 0 radical (unpaired) electrons. The lowest BCUT2D eigenvalue weighted by Crippen LogP contribution is -2.43. The van der Waals surface area contributed by atoms with E-state index in [0.29, 0.717) is 61.5 Å². The molecule has 1 aliphatic heterocycles. The van der Waals surface area contributed by atoms with Gasteiger partial charge in [-0.15, -0.1) is 0 Å². The summed E-state index contributed by atoms with van der Waals surface area (Å²) >= 11 is 0. The molecule has 3 heterocycles. The average Bonchev–Trinajstić information content (AvgIpc) is 3.66. The largest absolute Gasteiger partial charge is 0.490 e. The third-order valence-electron chi connectivity index (χ3n) is 6.99. The second-order valence-electron chi connectivity index (χ2n) is 10.1. The van der Waals surface area contributed by atoms with Crippen molar-refractivity contribution < 1.29 is 33.0 Å². The summed E-state index contributed by atoms with van der Waals surface area (Å²) in [6.45, 7) is 8.64. The highest BCUT2D eigenvalue weighted by atomic mass is 16.5. The number of ether oxygens (including phenoxy) is 4. The summed E-state index contributed by atoms with van der Waals surface area (Å²) in [6, 6.07) is 20.4. The standard InChI is InChI=1S/C33H36N4O7/c1-4-41-31-19-25(7-13-29(31)43-22-32(38)36-15-17-40-18-16-36)20-34-35-33(39)30-14-12-28(44-30)21-42-27-10-8-26(9-11-27)37-23(2)5-6-24(37)3/h5-14,19-20H,4,15-18,21-22H2,1-3H3,(H,35,39)/b34-20+. The molecule has 1 fully saturated rings. The zero-order valence-electron chi connectivity index (χ0n) is 25.1. The number of hydrazone groups is 1. The maximum absolute atomic E-state index is 12.6. The first-order chi connectivity index (χ1) is 21.4. The van der Waals surface area contributed by atoms with Crippen LogP contribution in [0.2, 0.25) is 0 Å². The van der Waals surface area contributed by atoms with Gasteiger partial charge in [-0.25, -0.2) is 5.43 Å². The number of rotatable bonds is 12. The summed E-state index contributed by atoms with van der Waals surface area (Å²) in [4.78, 5) is 26.7. The van der Waals surface area contributed by atoms with Crippen molar-refractivity contribution in [3.05, 3.63) is 95.2 Å². The second-order valence-corrected chi connectivity index (χ2v) is 10.1. The molecule has 4 aromatic rings. The molecule has 0 atom stereocenters. The minimum absolute atomic E-state index is 0.0974. The number of nitrogens with one attached hydrogen (secondary N) is 1. The van der Waals surface area contributed by atoms with E-state index in [0.717, 1.165) is 17.1 Å². The fourth-order valence-electron chi connectivity index (χ4n) is 4.76. The average molecular weight is 601 g/mol. The molecule has 0 unspecified atom stereocenters. The van der Waals surface area contributed by atoms with Crippen LogP contribution in [0.4, 0.5) is 0 Å². The van der Waals surface area contributed by atoms with Gasteiger partial charge in [-0.2, -0.15) is 5.10 Å². The molecule has 2 aromatic carbocycles. The molecular formula is C33H36N4O7. The van der Waals surface area contributed by atoms with Gasteiger partial charge in [0.15, 0.2) is 23.9 Å². The van der Waals surface area contributed by atoms with Crippen LogP contribution in [0.25, 0.3) is 5.69 Å². The summed E-state index contributed by atoms with van der Waals surface area (Å²) in [5.74, 6) is 1.61. The zero-order valence-corrected chi connectivity index (χ0v) is 25.1. The summed E-state index contributed by atoms with van der Waals surface area (Å²) < 4.78 is 30.4. The molecule has 1 aliphatic rings. The van der Waals surface area contributed by atoms with E-state index in [-0.39, 0.29) is 24.9 Å². The molecule has 44 heavy (non-hydrogen) atoms. The third-order valence-corrected chi connectivity index (χ3v) is 6.99. The molecule has 2 aromatic heterocycles. The van der Waals surface area contributed by atoms with Gasteiger partial charge in [0.25, 0.3) is 5.91 Å². The van der Waals surface area contributed by atoms with Crippen LogP contribution in [0.5, 0.6) is 17.2 Å². The SMILES string of the molecule is CCOc1cc(/C=N/NC(=O)c2ccc(COc3ccc(-n4c(C)ccc4C)cc3)o2)ccc1OCC(=O)N1CCOCC1. The lowest BCUT2D eigenvalue weighted by atomic mass is 10.2. The number of carbonyl (C=O) groups is 2. The molecule has 11 heteroatoms. The zero-order chi connectivity index (χ0) is 30.9. The maximum Gasteiger partial charge on any atom is 0.307 e. The minimum atomic E-state index is -0.499. The second kappa shape index (κ2) is 14.4. The van der Waals surface area contributed by atoms with Crippen LogP contribution in [0, 0.1) is 13.8 Å². The maximum atomic E-state index is 12.6. The van der Waals surface area contributed by atoms with E-state index in [1.165, 1.54) is 6.21 Å². The first kappa shape index (κ1) is 30.4. The van der Waals surface area contributed by atoms with Crippen molar-refractivity contribution in [2.24, 2.45) is 5.10 Å². The molecular weight excluding hydrogens is 564 g/mol. The molecule has 1 saturated heterocycles. The van der Waals surface area contributed by atoms with Gasteiger partial charge in [0.05, 0.1) is 26.0 Å². The Labute approximate surface area is 256 Å². The van der Waals surface area contributed by atoms with Gasteiger partial charge in [-0.3, -0.25) is 9.59 Å². The Morgan fingerprint density at radius 2 is 1.66 bits per heavy atom. The smallest absolute Gasteiger partial charge is 0.307 e. The number of furan rings is 1. The van der Waals surface area contributed by atoms with Gasteiger partial charge in [0.1, 0.15) is 18.1 Å². The van der Waals surface area contributed by atoms with Gasteiger partial charge >= 0.3 is 5.91 Å². The molecule has 0 aliphatic carbocycles. The number of amides is 2. The van der Waals surface area contributed by atoms with Gasteiger partial charge in [0, 0.05) is 30.2 Å². The van der Waals surface area contributed by atoms with E-state index < -0.39 is 5.91 Å². The quantitative estimate of drug-likeness (QED) is 0.186. The molecule has 0 saturated carbocycles. The van der Waals surface area contributed by atoms with Crippen molar-refractivity contribution in [2.45, 2.75) is 27.4 Å². The number of benzene rings is 2. The number of aryl methyl sites for hydroxylation is 2. The first-order valence-corrected chi connectivity index (χ1v) is 14.5. The van der Waals surface area contributed by atoms with Gasteiger partial charge < -0.3 is 32.8 Å². The molecule has 230 valence electrons. The number of morpholine rings is 1. The van der Waals surface area contributed by atoms with E-state index in [2.05, 4.69) is 41.1 Å². The predicted molar refractivity (Wildman–Crippen MR) is 164 cm³/mol. The molecule has 5 rings (SSSR count). The molecule has 1 N–H and O–H groups in total. The van der Waals surface area contributed by atoms with E-state index in [4.69, 9.17) is 23.4 Å². The number of nitrogens with zero attached hydrogens (tertiary/aromatic N) is 3. The van der Waals surface area contributed by atoms with Gasteiger partial charge in [0.2, 0.25) is 0 Å². The number of aromatic nitrogens is 1. The van der Waals surface area contributed by atoms with Gasteiger partial charge in [-0.05, 0) is 93.1 Å². The van der Waals surface area contributed by atoms with Crippen molar-refractivity contribution >= 4 is 18.0 Å². The monoisotopic (exact) mass is 600 g/mol. The van der Waals surface area contributed by atoms with Crippen molar-refractivity contribution in [1.29, 1.82) is 0 Å². The summed E-state index contributed by atoms with van der Waals surface area (Å²) in [6.07, 6.45) is 1.48. The highest BCUT2D eigenvalue weighted by molar-refractivity contribution is 5.92. The van der Waals surface area contributed by atoms with Crippen LogP contribution in [-0.4, -0.2) is 67.0 Å². The minimum Gasteiger partial charge on any atom is -0.490 e. The van der Waals surface area contributed by atoms with E-state index in [1.807, 2.05) is 31.2 Å². The van der Waals surface area contributed by atoms with Crippen LogP contribution >= 0.6 is 0 Å². The van der Waals surface area contributed by atoms with Crippen molar-refractivity contribution in [1.82, 2.24) is 14.9 Å². The lowest BCUT2D eigenvalue weighted by Gasteiger charge is -2.26. The van der Waals surface area contributed by atoms with Crippen molar-refractivity contribution in [3.63, 3.8) is 0 Å². The van der Waals surface area contributed by atoms with Crippen LogP contribution < -0.4 is 19.6 Å². The van der Waals surface area contributed by atoms with E-state index >= 15 is 0 Å². The highest BCUT2D eigenvalue weighted by Gasteiger charge is 2.18. The summed E-state index contributed by atoms with van der Waals surface area (Å²) in [5, 5.41) is 4.04. The van der Waals surface area contributed by atoms with Gasteiger partial charge in [-0.1, -0.05) is 0 Å². The molecule has 0 spiro atoms. The Balaban J connectivity index is 1.11. The fourth-order valence-corrected chi connectivity index (χ4v) is 4.76. The summed E-state index contributed by atoms with van der Waals surface area (Å²) in [5.41, 5.74) is 6.52. The Hall–Kier alpha value is -5.03. The highest BCUT2D eigenvalue weighted by Crippen LogP contribution is 2.28. The van der Waals surface area contributed by atoms with Crippen LogP contribution in [0.3, 0.4) is 0 Å². The lowest BCUT2D eigenvalue weighted by molar-refractivity contribution is -0.137. The Bertz CT molecular complexity index is 1580. The number of hydrogen-bond donors (Lipinski definition) is 1. The van der Waals surface area contributed by atoms with Crippen LogP contribution in [0.15, 0.2) is 76.2 Å². The normalized spacial score (nSPS) is 13.2. The Morgan fingerprint density at radius 3 is 2.39 bits per heavy atom. The van der Waals surface area contributed by atoms with Crippen LogP contribution in [-0.2, 0) is 16.1 Å². The first-order valence-electron chi connectivity index (χ1n) is 14.5. The number of carbonyl (C=O) groups excluding carboxylic acids is 2. The third kappa shape index (κ3) is 7.67. The van der Waals surface area contributed by atoms with E-state index in [9.17, 15) is 9.59 Å². The van der Waals surface area contributed by atoms with Crippen LogP contribution in [0.1, 0.15) is 40.2 Å².